The number of aromatic nitrogens is 3. The number of hydrogen-bond acceptors (Lipinski definition) is 5. The molecule has 7 nitrogen and oxygen atoms in total. The van der Waals surface area contributed by atoms with Gasteiger partial charge in [0.2, 0.25) is 0 Å². The lowest BCUT2D eigenvalue weighted by Gasteiger charge is -2.12. The van der Waals surface area contributed by atoms with E-state index in [1.807, 2.05) is 26.8 Å². The monoisotopic (exact) mass is 516 g/mol. The molecule has 0 bridgehead atoms. The summed E-state index contributed by atoms with van der Waals surface area (Å²) in [6.07, 6.45) is 9.01. The molecule has 0 spiro atoms. The molecule has 36 heavy (non-hydrogen) atoms. The minimum atomic E-state index is -3.09. The second kappa shape index (κ2) is 11.9. The molecular weight excluding hydrogens is 490 g/mol. The Bertz CT molecular complexity index is 1340. The molecule has 0 saturated heterocycles. The van der Waals surface area contributed by atoms with Gasteiger partial charge in [0.05, 0.1) is 22.6 Å². The SMILES string of the molecule is CC/C=C\C(CC)N=CC(=C(C)C)c1cc2c(cn1)c(C(=O)O)nn2-c1cc(Cl)ccc1OC(F)F. The number of carbonyl (C=O) groups is 1. The van der Waals surface area contributed by atoms with Crippen LogP contribution < -0.4 is 4.74 Å². The zero-order valence-corrected chi connectivity index (χ0v) is 21.1. The van der Waals surface area contributed by atoms with Crippen LogP contribution in [0.15, 0.2) is 53.2 Å². The summed E-state index contributed by atoms with van der Waals surface area (Å²) in [5.74, 6) is -1.49. The molecule has 0 aliphatic carbocycles. The minimum Gasteiger partial charge on any atom is -0.476 e. The first-order valence-electron chi connectivity index (χ1n) is 11.4. The Hall–Kier alpha value is -3.59. The summed E-state index contributed by atoms with van der Waals surface area (Å²) >= 11 is 6.12. The Morgan fingerprint density at radius 3 is 2.64 bits per heavy atom. The van der Waals surface area contributed by atoms with Crippen LogP contribution in [0.25, 0.3) is 22.2 Å². The Kier molecular flexibility index (Phi) is 8.93. The number of carboxylic acids is 1. The van der Waals surface area contributed by atoms with E-state index in [2.05, 4.69) is 32.8 Å². The molecule has 1 unspecified atom stereocenters. The third-order valence-electron chi connectivity index (χ3n) is 5.36. The number of halogens is 3. The molecule has 10 heteroatoms. The van der Waals surface area contributed by atoms with E-state index in [9.17, 15) is 18.7 Å². The fourth-order valence-corrected chi connectivity index (χ4v) is 3.72. The maximum absolute atomic E-state index is 13.1. The lowest BCUT2D eigenvalue weighted by atomic mass is 10.1. The Balaban J connectivity index is 2.22. The van der Waals surface area contributed by atoms with E-state index in [4.69, 9.17) is 11.6 Å². The molecular formula is C26H27ClF2N4O3. The van der Waals surface area contributed by atoms with E-state index in [1.54, 1.807) is 12.3 Å². The molecule has 3 rings (SSSR count). The van der Waals surface area contributed by atoms with Crippen LogP contribution in [0, 0.1) is 0 Å². The summed E-state index contributed by atoms with van der Waals surface area (Å²) in [5, 5.41) is 14.3. The molecule has 1 atom stereocenters. The zero-order chi connectivity index (χ0) is 26.4. The number of rotatable bonds is 10. The Morgan fingerprint density at radius 2 is 2.03 bits per heavy atom. The van der Waals surface area contributed by atoms with Gasteiger partial charge in [0.25, 0.3) is 0 Å². The van der Waals surface area contributed by atoms with Crippen molar-refractivity contribution in [3.8, 4) is 11.4 Å². The lowest BCUT2D eigenvalue weighted by molar-refractivity contribution is -0.0498. The number of nitrogens with zero attached hydrogens (tertiary/aromatic N) is 4. The van der Waals surface area contributed by atoms with Crippen LogP contribution in [0.2, 0.25) is 5.02 Å². The quantitative estimate of drug-likeness (QED) is 0.232. The first-order chi connectivity index (χ1) is 17.2. The molecule has 0 fully saturated rings. The van der Waals surface area contributed by atoms with Gasteiger partial charge in [0, 0.05) is 23.0 Å². The van der Waals surface area contributed by atoms with E-state index < -0.39 is 12.6 Å². The standard InChI is InChI=1S/C26H27ClF2N4O3/c1-5-7-8-17(6-2)30-13-18(15(3)4)20-12-21-19(14-31-20)24(25(34)35)32-33(21)22-11-16(27)9-10-23(22)36-26(28)29/h7-14,17,26H,5-6H2,1-4H3,(H,34,35)/b8-7-,30-13?. The van der Waals surface area contributed by atoms with E-state index in [0.717, 1.165) is 24.0 Å². The number of ether oxygens (including phenoxy) is 1. The largest absolute Gasteiger partial charge is 0.476 e. The predicted molar refractivity (Wildman–Crippen MR) is 138 cm³/mol. The number of benzene rings is 1. The van der Waals surface area contributed by atoms with Gasteiger partial charge in [-0.3, -0.25) is 9.98 Å². The van der Waals surface area contributed by atoms with Crippen LogP contribution in [0.3, 0.4) is 0 Å². The highest BCUT2D eigenvalue weighted by Gasteiger charge is 2.22. The van der Waals surface area contributed by atoms with Crippen LogP contribution >= 0.6 is 11.6 Å². The molecule has 2 heterocycles. The summed E-state index contributed by atoms with van der Waals surface area (Å²) in [6, 6.07) is 5.72. The fraction of sp³-hybridized carbons (Fsp3) is 0.308. The minimum absolute atomic E-state index is 0.00712. The van der Waals surface area contributed by atoms with Crippen molar-refractivity contribution >= 4 is 40.3 Å². The van der Waals surface area contributed by atoms with Crippen LogP contribution in [-0.2, 0) is 0 Å². The van der Waals surface area contributed by atoms with Gasteiger partial charge in [-0.05, 0) is 51.0 Å². The normalized spacial score (nSPS) is 12.7. The van der Waals surface area contributed by atoms with E-state index in [-0.39, 0.29) is 33.6 Å². The van der Waals surface area contributed by atoms with Gasteiger partial charge in [-0.25, -0.2) is 9.48 Å². The smallest absolute Gasteiger partial charge is 0.387 e. The van der Waals surface area contributed by atoms with Gasteiger partial charge in [-0.1, -0.05) is 43.2 Å². The number of aliphatic imine (C=N–C) groups is 1. The summed E-state index contributed by atoms with van der Waals surface area (Å²) in [7, 11) is 0. The van der Waals surface area contributed by atoms with Crippen LogP contribution in [0.1, 0.15) is 56.7 Å². The van der Waals surface area contributed by atoms with Crippen LogP contribution in [0.4, 0.5) is 8.78 Å². The van der Waals surface area contributed by atoms with E-state index in [1.165, 1.54) is 29.1 Å². The number of pyridine rings is 1. The first kappa shape index (κ1) is 27.0. The van der Waals surface area contributed by atoms with Crippen molar-refractivity contribution in [2.45, 2.75) is 53.2 Å². The van der Waals surface area contributed by atoms with Gasteiger partial charge in [0.1, 0.15) is 5.69 Å². The van der Waals surface area contributed by atoms with Gasteiger partial charge < -0.3 is 9.84 Å². The van der Waals surface area contributed by atoms with E-state index >= 15 is 0 Å². The van der Waals surface area contributed by atoms with Gasteiger partial charge in [-0.2, -0.15) is 13.9 Å². The lowest BCUT2D eigenvalue weighted by Crippen LogP contribution is -2.08. The maximum atomic E-state index is 13.1. The number of carboxylic acid groups (broad SMARTS) is 1. The zero-order valence-electron chi connectivity index (χ0n) is 20.4. The second-order valence-electron chi connectivity index (χ2n) is 8.15. The summed E-state index contributed by atoms with van der Waals surface area (Å²) < 4.78 is 32.0. The number of hydrogen-bond donors (Lipinski definition) is 1. The summed E-state index contributed by atoms with van der Waals surface area (Å²) in [5.41, 5.74) is 2.34. The number of allylic oxidation sites excluding steroid dienone is 3. The molecule has 0 radical (unpaired) electrons. The first-order valence-corrected chi connectivity index (χ1v) is 11.8. The average Bonchev–Trinajstić information content (AvgIpc) is 3.21. The van der Waals surface area contributed by atoms with Crippen LogP contribution in [0.5, 0.6) is 5.75 Å². The molecule has 190 valence electrons. The number of aromatic carboxylic acids is 1. The summed E-state index contributed by atoms with van der Waals surface area (Å²) in [4.78, 5) is 21.1. The van der Waals surface area contributed by atoms with Crippen molar-refractivity contribution in [3.05, 3.63) is 64.6 Å². The average molecular weight is 517 g/mol. The van der Waals surface area contributed by atoms with Gasteiger partial charge >= 0.3 is 12.6 Å². The molecule has 3 aromatic rings. The van der Waals surface area contributed by atoms with Crippen molar-refractivity contribution in [3.63, 3.8) is 0 Å². The molecule has 1 aromatic carbocycles. The van der Waals surface area contributed by atoms with E-state index in [0.29, 0.717) is 11.2 Å². The highest BCUT2D eigenvalue weighted by Crippen LogP contribution is 2.32. The molecule has 0 saturated carbocycles. The van der Waals surface area contributed by atoms with Crippen LogP contribution in [-0.4, -0.2) is 44.7 Å². The van der Waals surface area contributed by atoms with Crippen molar-refractivity contribution in [2.24, 2.45) is 4.99 Å². The molecule has 0 aliphatic rings. The Labute approximate surface area is 212 Å². The van der Waals surface area contributed by atoms with Gasteiger partial charge in [0.15, 0.2) is 11.4 Å². The van der Waals surface area contributed by atoms with Crippen molar-refractivity contribution in [1.29, 1.82) is 0 Å². The fourth-order valence-electron chi connectivity index (χ4n) is 3.56. The molecule has 2 aromatic heterocycles. The molecule has 1 N–H and O–H groups in total. The second-order valence-corrected chi connectivity index (χ2v) is 8.58. The third kappa shape index (κ3) is 6.15. The highest BCUT2D eigenvalue weighted by atomic mass is 35.5. The van der Waals surface area contributed by atoms with Crippen molar-refractivity contribution < 1.29 is 23.4 Å². The Morgan fingerprint density at radius 1 is 1.28 bits per heavy atom. The third-order valence-corrected chi connectivity index (χ3v) is 5.59. The molecule has 0 aliphatic heterocycles. The van der Waals surface area contributed by atoms with Crippen molar-refractivity contribution in [2.75, 3.05) is 0 Å². The predicted octanol–water partition coefficient (Wildman–Crippen LogP) is 6.98. The van der Waals surface area contributed by atoms with Gasteiger partial charge in [-0.15, -0.1) is 0 Å². The summed E-state index contributed by atoms with van der Waals surface area (Å²) in [6.45, 7) is 4.85. The topological polar surface area (TPSA) is 89.6 Å². The number of fused-ring (bicyclic) bond motifs is 1. The molecule has 0 amide bonds. The number of alkyl halides is 2. The maximum Gasteiger partial charge on any atom is 0.387 e. The highest BCUT2D eigenvalue weighted by molar-refractivity contribution is 6.30. The van der Waals surface area contributed by atoms with Crippen molar-refractivity contribution in [1.82, 2.24) is 14.8 Å².